The second-order valence-electron chi connectivity index (χ2n) is 13.0. The number of unbranched alkanes of at least 4 members (excludes halogenated alkanes) is 9. The largest absolute Gasteiger partial charge is 0.504 e. The van der Waals surface area contributed by atoms with Crippen molar-refractivity contribution in [3.63, 3.8) is 0 Å². The van der Waals surface area contributed by atoms with E-state index in [4.69, 9.17) is 24.4 Å². The van der Waals surface area contributed by atoms with Crippen LogP contribution >= 0.6 is 0 Å². The minimum Gasteiger partial charge on any atom is -0.504 e. The summed E-state index contributed by atoms with van der Waals surface area (Å²) in [4.78, 5) is 14.3. The van der Waals surface area contributed by atoms with Crippen LogP contribution in [0.25, 0.3) is 34.2 Å². The van der Waals surface area contributed by atoms with Gasteiger partial charge in [0.15, 0.2) is 29.0 Å². The van der Waals surface area contributed by atoms with Crippen molar-refractivity contribution >= 4 is 0 Å². The summed E-state index contributed by atoms with van der Waals surface area (Å²) in [6, 6.07) is 15.3. The van der Waals surface area contributed by atoms with Gasteiger partial charge in [0.05, 0.1) is 12.2 Å². The van der Waals surface area contributed by atoms with Crippen molar-refractivity contribution in [2.24, 2.45) is 0 Å². The number of hydrogen-bond acceptors (Lipinski definition) is 8. The normalized spacial score (nSPS) is 12.0. The number of aryl methyl sites for hydroxylation is 4. The van der Waals surface area contributed by atoms with Gasteiger partial charge in [-0.3, -0.25) is 0 Å². The first kappa shape index (κ1) is 36.8. The van der Waals surface area contributed by atoms with E-state index in [1.54, 1.807) is 12.1 Å². The lowest BCUT2D eigenvalue weighted by Gasteiger charge is -2.16. The molecule has 0 spiro atoms. The molecule has 0 bridgehead atoms. The number of aromatic hydroxyl groups is 2. The molecule has 3 aromatic carbocycles. The van der Waals surface area contributed by atoms with Crippen LogP contribution in [0.1, 0.15) is 93.4 Å². The fourth-order valence-electron chi connectivity index (χ4n) is 5.87. The van der Waals surface area contributed by atoms with Gasteiger partial charge in [-0.1, -0.05) is 112 Å². The molecule has 1 unspecified atom stereocenters. The van der Waals surface area contributed by atoms with Gasteiger partial charge in [-0.05, 0) is 57.4 Å². The quantitative estimate of drug-likeness (QED) is 0.0676. The molecule has 0 amide bonds. The molecule has 0 radical (unpaired) electrons. The zero-order valence-corrected chi connectivity index (χ0v) is 29.4. The zero-order chi connectivity index (χ0) is 34.5. The number of phenols is 2. The Morgan fingerprint density at radius 2 is 1.06 bits per heavy atom. The number of benzene rings is 3. The molecule has 3 N–H and O–H groups in total. The number of ether oxygens (including phenoxy) is 2. The molecule has 258 valence electrons. The first-order chi connectivity index (χ1) is 23.2. The Morgan fingerprint density at radius 3 is 1.58 bits per heavy atom. The molecule has 48 heavy (non-hydrogen) atoms. The third-order valence-corrected chi connectivity index (χ3v) is 8.62. The maximum atomic E-state index is 11.1. The smallest absolute Gasteiger partial charge is 0.201 e. The van der Waals surface area contributed by atoms with Crippen molar-refractivity contribution in [3.05, 3.63) is 70.8 Å². The van der Waals surface area contributed by atoms with Crippen molar-refractivity contribution in [1.82, 2.24) is 15.0 Å². The van der Waals surface area contributed by atoms with Crippen molar-refractivity contribution in [2.75, 3.05) is 19.8 Å². The molecule has 8 heteroatoms. The molecule has 1 atom stereocenters. The second kappa shape index (κ2) is 18.5. The van der Waals surface area contributed by atoms with Crippen LogP contribution in [0, 0.1) is 27.7 Å². The molecule has 4 aromatic rings. The number of hydrogen-bond donors (Lipinski definition) is 3. The van der Waals surface area contributed by atoms with Crippen molar-refractivity contribution in [3.8, 4) is 51.4 Å². The lowest BCUT2D eigenvalue weighted by atomic mass is 10.0. The number of aliphatic hydroxyl groups excluding tert-OH is 1. The van der Waals surface area contributed by atoms with Gasteiger partial charge in [0, 0.05) is 17.7 Å². The highest BCUT2D eigenvalue weighted by Gasteiger charge is 2.21. The highest BCUT2D eigenvalue weighted by molar-refractivity contribution is 5.75. The monoisotopic (exact) mass is 655 g/mol. The Balaban J connectivity index is 1.38. The third kappa shape index (κ3) is 10.5. The Morgan fingerprint density at radius 1 is 0.583 bits per heavy atom. The highest BCUT2D eigenvalue weighted by Crippen LogP contribution is 2.42. The Bertz CT molecular complexity index is 1550. The summed E-state index contributed by atoms with van der Waals surface area (Å²) in [6.07, 6.45) is 11.7. The summed E-state index contributed by atoms with van der Waals surface area (Å²) in [5, 5.41) is 32.4. The Labute approximate surface area is 286 Å². The molecule has 0 aliphatic rings. The number of rotatable bonds is 19. The number of nitrogens with zero attached hydrogens (tertiary/aromatic N) is 3. The minimum atomic E-state index is -0.876. The average molecular weight is 656 g/mol. The SMILES string of the molecule is CCCCCCCCCCCCOCC(O)COc1ccc(-c2nc(-c3ccc(C)cc3C)nc(-c3ccc(C)cc3C)n2)c(O)c1O. The van der Waals surface area contributed by atoms with E-state index in [9.17, 15) is 15.3 Å². The van der Waals surface area contributed by atoms with Crippen LogP contribution in [0.5, 0.6) is 17.2 Å². The van der Waals surface area contributed by atoms with Gasteiger partial charge >= 0.3 is 0 Å². The molecular formula is C40H53N3O5. The fraction of sp³-hybridized carbons (Fsp3) is 0.475. The van der Waals surface area contributed by atoms with Gasteiger partial charge < -0.3 is 24.8 Å². The predicted molar refractivity (Wildman–Crippen MR) is 193 cm³/mol. The molecular weight excluding hydrogens is 602 g/mol. The van der Waals surface area contributed by atoms with Crippen LogP contribution in [0.3, 0.4) is 0 Å². The lowest BCUT2D eigenvalue weighted by molar-refractivity contribution is 0.0105. The van der Waals surface area contributed by atoms with E-state index >= 15 is 0 Å². The molecule has 0 aliphatic carbocycles. The lowest BCUT2D eigenvalue weighted by Crippen LogP contribution is -2.23. The van der Waals surface area contributed by atoms with Gasteiger partial charge in [-0.25, -0.2) is 15.0 Å². The molecule has 1 aromatic heterocycles. The van der Waals surface area contributed by atoms with Crippen molar-refractivity contribution in [2.45, 2.75) is 105 Å². The molecule has 8 nitrogen and oxygen atoms in total. The average Bonchev–Trinajstić information content (AvgIpc) is 3.05. The molecule has 0 fully saturated rings. The number of aliphatic hydroxyl groups is 1. The molecule has 1 heterocycles. The Hall–Kier alpha value is -4.01. The van der Waals surface area contributed by atoms with E-state index in [2.05, 4.69) is 19.1 Å². The van der Waals surface area contributed by atoms with Gasteiger partial charge in [0.1, 0.15) is 12.7 Å². The first-order valence-electron chi connectivity index (χ1n) is 17.5. The predicted octanol–water partition coefficient (Wildman–Crippen LogP) is 9.19. The minimum absolute atomic E-state index is 0.0447. The van der Waals surface area contributed by atoms with Gasteiger partial charge in [-0.2, -0.15) is 0 Å². The molecule has 4 rings (SSSR count). The topological polar surface area (TPSA) is 118 Å². The van der Waals surface area contributed by atoms with Crippen molar-refractivity contribution < 1.29 is 24.8 Å². The van der Waals surface area contributed by atoms with E-state index in [1.807, 2.05) is 52.0 Å². The van der Waals surface area contributed by atoms with Crippen LogP contribution < -0.4 is 4.74 Å². The van der Waals surface area contributed by atoms with E-state index in [1.165, 1.54) is 51.4 Å². The van der Waals surface area contributed by atoms with E-state index < -0.39 is 17.6 Å². The third-order valence-electron chi connectivity index (χ3n) is 8.62. The molecule has 0 saturated carbocycles. The van der Waals surface area contributed by atoms with Crippen LogP contribution in [0.15, 0.2) is 48.5 Å². The summed E-state index contributed by atoms with van der Waals surface area (Å²) in [5.74, 6) is 0.328. The summed E-state index contributed by atoms with van der Waals surface area (Å²) in [7, 11) is 0. The number of aromatic nitrogens is 3. The fourth-order valence-corrected chi connectivity index (χ4v) is 5.87. The van der Waals surface area contributed by atoms with Gasteiger partial charge in [0.2, 0.25) is 5.75 Å². The maximum Gasteiger partial charge on any atom is 0.201 e. The molecule has 0 saturated heterocycles. The van der Waals surface area contributed by atoms with Gasteiger partial charge in [0.25, 0.3) is 0 Å². The highest BCUT2D eigenvalue weighted by atomic mass is 16.5. The van der Waals surface area contributed by atoms with Crippen LogP contribution in [-0.4, -0.2) is 56.2 Å². The summed E-state index contributed by atoms with van der Waals surface area (Å²) < 4.78 is 11.3. The van der Waals surface area contributed by atoms with Crippen LogP contribution in [0.2, 0.25) is 0 Å². The summed E-state index contributed by atoms with van der Waals surface area (Å²) in [6.45, 7) is 11.0. The summed E-state index contributed by atoms with van der Waals surface area (Å²) >= 11 is 0. The zero-order valence-electron chi connectivity index (χ0n) is 29.4. The van der Waals surface area contributed by atoms with E-state index in [0.29, 0.717) is 18.3 Å². The first-order valence-corrected chi connectivity index (χ1v) is 17.5. The van der Waals surface area contributed by atoms with Crippen molar-refractivity contribution in [1.29, 1.82) is 0 Å². The van der Waals surface area contributed by atoms with Crippen LogP contribution in [0.4, 0.5) is 0 Å². The van der Waals surface area contributed by atoms with E-state index in [0.717, 1.165) is 46.2 Å². The van der Waals surface area contributed by atoms with Crippen LogP contribution in [-0.2, 0) is 4.74 Å². The summed E-state index contributed by atoms with van der Waals surface area (Å²) in [5.41, 5.74) is 6.22. The molecule has 0 aliphatic heterocycles. The standard InChI is InChI=1S/C40H53N3O5/c1-6-7-8-9-10-11-12-13-14-15-22-47-25-31(44)26-48-35-21-20-34(36(45)37(35)46)40-42-38(32-18-16-27(2)23-29(32)4)41-39(43-40)33-19-17-28(3)24-30(33)5/h16-21,23-24,31,44-46H,6-15,22,25-26H2,1-5H3. The van der Waals surface area contributed by atoms with E-state index in [-0.39, 0.29) is 30.4 Å². The van der Waals surface area contributed by atoms with Gasteiger partial charge in [-0.15, -0.1) is 0 Å². The number of phenolic OH excluding ortho intramolecular Hbond substituents is 2. The Kier molecular flexibility index (Phi) is 14.2. The second-order valence-corrected chi connectivity index (χ2v) is 13.0. The maximum absolute atomic E-state index is 11.1.